The van der Waals surface area contributed by atoms with Crippen LogP contribution in [-0.4, -0.2) is 11.7 Å². The summed E-state index contributed by atoms with van der Waals surface area (Å²) in [6.45, 7) is 2.47. The summed E-state index contributed by atoms with van der Waals surface area (Å²) in [5.74, 6) is 0. The normalized spacial score (nSPS) is 23.2. The van der Waals surface area contributed by atoms with E-state index < -0.39 is 11.2 Å². The van der Waals surface area contributed by atoms with E-state index in [0.717, 1.165) is 33.0 Å². The van der Waals surface area contributed by atoms with E-state index in [9.17, 15) is 5.11 Å². The lowest BCUT2D eigenvalue weighted by Crippen LogP contribution is -2.49. The van der Waals surface area contributed by atoms with Crippen LogP contribution in [0, 0.1) is 0 Å². The van der Waals surface area contributed by atoms with Crippen LogP contribution >= 0.6 is 0 Å². The van der Waals surface area contributed by atoms with E-state index in [1.165, 1.54) is 0 Å². The zero-order valence-electron chi connectivity index (χ0n) is 15.8. The summed E-state index contributed by atoms with van der Waals surface area (Å²) in [5, 5.41) is 14.8. The second kappa shape index (κ2) is 6.30. The van der Waals surface area contributed by atoms with Gasteiger partial charge in [0.2, 0.25) is 0 Å². The molecule has 1 N–H and O–H groups in total. The van der Waals surface area contributed by atoms with E-state index in [-0.39, 0.29) is 0 Å². The first-order valence-corrected chi connectivity index (χ1v) is 9.73. The van der Waals surface area contributed by atoms with Crippen molar-refractivity contribution in [2.75, 3.05) is 6.61 Å². The van der Waals surface area contributed by atoms with Gasteiger partial charge in [0.05, 0.1) is 0 Å². The molecule has 138 valence electrons. The standard InChI is InChI=1S/C26H22O2/c1-2-28-26(21-15-7-4-8-16-21)23-18-10-12-19-11-9-17-22(24(19)23)25(26,27)20-13-5-3-6-14-20/h3-18,27H,2H2,1H3/t25-,26-/m0/s1. The van der Waals surface area contributed by atoms with Gasteiger partial charge in [-0.05, 0) is 34.4 Å². The van der Waals surface area contributed by atoms with E-state index in [1.54, 1.807) is 0 Å². The molecule has 1 aliphatic rings. The third kappa shape index (κ3) is 2.05. The Balaban J connectivity index is 1.97. The molecule has 0 spiro atoms. The van der Waals surface area contributed by atoms with Crippen LogP contribution in [0.1, 0.15) is 29.2 Å². The van der Waals surface area contributed by atoms with Crippen molar-refractivity contribution in [3.05, 3.63) is 119 Å². The highest BCUT2D eigenvalue weighted by Gasteiger charge is 2.61. The number of hydrogen-bond acceptors (Lipinski definition) is 2. The summed E-state index contributed by atoms with van der Waals surface area (Å²) in [6.07, 6.45) is 0. The molecule has 28 heavy (non-hydrogen) atoms. The highest BCUT2D eigenvalue weighted by atomic mass is 16.5. The summed E-state index contributed by atoms with van der Waals surface area (Å²) in [5.41, 5.74) is 1.33. The molecule has 1 aliphatic carbocycles. The molecule has 0 amide bonds. The quantitative estimate of drug-likeness (QED) is 0.526. The molecular weight excluding hydrogens is 344 g/mol. The Hall–Kier alpha value is -2.94. The average molecular weight is 366 g/mol. The maximum Gasteiger partial charge on any atom is 0.156 e. The molecule has 0 saturated carbocycles. The van der Waals surface area contributed by atoms with Gasteiger partial charge in [0, 0.05) is 12.2 Å². The number of rotatable bonds is 4. The third-order valence-corrected chi connectivity index (χ3v) is 5.92. The van der Waals surface area contributed by atoms with Gasteiger partial charge in [0.15, 0.2) is 11.2 Å². The summed E-state index contributed by atoms with van der Waals surface area (Å²) in [6, 6.07) is 32.4. The molecule has 0 bridgehead atoms. The smallest absolute Gasteiger partial charge is 0.156 e. The maximum absolute atomic E-state index is 12.6. The SMILES string of the molecule is CCO[C@@]1(c2ccccc2)c2cccc3cccc(c23)[C@@]1(O)c1ccccc1. The second-order valence-electron chi connectivity index (χ2n) is 7.27. The van der Waals surface area contributed by atoms with Gasteiger partial charge in [0.1, 0.15) is 0 Å². The molecule has 2 nitrogen and oxygen atoms in total. The van der Waals surface area contributed by atoms with Crippen molar-refractivity contribution in [3.8, 4) is 0 Å². The molecule has 0 saturated heterocycles. The molecule has 0 aliphatic heterocycles. The second-order valence-corrected chi connectivity index (χ2v) is 7.27. The molecule has 0 heterocycles. The van der Waals surface area contributed by atoms with Crippen LogP contribution in [0.2, 0.25) is 0 Å². The lowest BCUT2D eigenvalue weighted by atomic mass is 9.71. The summed E-state index contributed by atoms with van der Waals surface area (Å²) < 4.78 is 6.57. The lowest BCUT2D eigenvalue weighted by Gasteiger charge is -2.44. The first-order valence-electron chi connectivity index (χ1n) is 9.73. The number of benzene rings is 4. The molecule has 0 aromatic heterocycles. The van der Waals surface area contributed by atoms with Gasteiger partial charge in [-0.3, -0.25) is 0 Å². The maximum atomic E-state index is 12.6. The predicted molar refractivity (Wildman–Crippen MR) is 112 cm³/mol. The molecule has 0 unspecified atom stereocenters. The highest BCUT2D eigenvalue weighted by Crippen LogP contribution is 2.59. The average Bonchev–Trinajstić information content (AvgIpc) is 2.99. The van der Waals surface area contributed by atoms with Crippen molar-refractivity contribution in [2.45, 2.75) is 18.1 Å². The van der Waals surface area contributed by atoms with Crippen LogP contribution in [0.3, 0.4) is 0 Å². The first-order chi connectivity index (χ1) is 13.7. The fourth-order valence-electron chi connectivity index (χ4n) is 4.88. The Morgan fingerprint density at radius 1 is 0.679 bits per heavy atom. The lowest BCUT2D eigenvalue weighted by molar-refractivity contribution is -0.143. The molecule has 4 aromatic rings. The Kier molecular flexibility index (Phi) is 3.87. The molecule has 0 fully saturated rings. The van der Waals surface area contributed by atoms with E-state index in [2.05, 4.69) is 24.3 Å². The third-order valence-electron chi connectivity index (χ3n) is 5.92. The minimum atomic E-state index is -1.34. The van der Waals surface area contributed by atoms with Crippen LogP contribution < -0.4 is 0 Å². The van der Waals surface area contributed by atoms with Crippen LogP contribution in [0.15, 0.2) is 97.1 Å². The minimum Gasteiger partial charge on any atom is -0.377 e. The van der Waals surface area contributed by atoms with Crippen molar-refractivity contribution < 1.29 is 9.84 Å². The summed E-state index contributed by atoms with van der Waals surface area (Å²) in [4.78, 5) is 0. The molecule has 5 rings (SSSR count). The Morgan fingerprint density at radius 2 is 1.25 bits per heavy atom. The van der Waals surface area contributed by atoms with Crippen LogP contribution in [0.4, 0.5) is 0 Å². The molecular formula is C26H22O2. The van der Waals surface area contributed by atoms with Gasteiger partial charge in [-0.2, -0.15) is 0 Å². The van der Waals surface area contributed by atoms with Gasteiger partial charge in [-0.1, -0.05) is 97.1 Å². The van der Waals surface area contributed by atoms with E-state index in [1.807, 2.05) is 79.7 Å². The number of hydrogen-bond donors (Lipinski definition) is 1. The van der Waals surface area contributed by atoms with Crippen LogP contribution in [0.5, 0.6) is 0 Å². The van der Waals surface area contributed by atoms with Crippen LogP contribution in [0.25, 0.3) is 10.8 Å². The van der Waals surface area contributed by atoms with Gasteiger partial charge < -0.3 is 9.84 Å². The predicted octanol–water partition coefficient (Wildman–Crippen LogP) is 5.37. The summed E-state index contributed by atoms with van der Waals surface area (Å²) in [7, 11) is 0. The van der Waals surface area contributed by atoms with Crippen molar-refractivity contribution >= 4 is 10.8 Å². The minimum absolute atomic E-state index is 0.481. The topological polar surface area (TPSA) is 29.5 Å². The first kappa shape index (κ1) is 17.2. The van der Waals surface area contributed by atoms with Gasteiger partial charge in [-0.15, -0.1) is 0 Å². The van der Waals surface area contributed by atoms with Gasteiger partial charge >= 0.3 is 0 Å². The van der Waals surface area contributed by atoms with E-state index >= 15 is 0 Å². The number of aliphatic hydroxyl groups is 1. The Morgan fingerprint density at radius 3 is 1.86 bits per heavy atom. The van der Waals surface area contributed by atoms with E-state index in [4.69, 9.17) is 4.74 Å². The van der Waals surface area contributed by atoms with Crippen LogP contribution in [-0.2, 0) is 15.9 Å². The Labute approximate surface area is 165 Å². The van der Waals surface area contributed by atoms with Crippen molar-refractivity contribution in [1.29, 1.82) is 0 Å². The molecule has 0 radical (unpaired) electrons. The monoisotopic (exact) mass is 366 g/mol. The largest absolute Gasteiger partial charge is 0.377 e. The zero-order valence-corrected chi connectivity index (χ0v) is 15.8. The fraction of sp³-hybridized carbons (Fsp3) is 0.154. The fourth-order valence-corrected chi connectivity index (χ4v) is 4.88. The van der Waals surface area contributed by atoms with Crippen molar-refractivity contribution in [2.24, 2.45) is 0 Å². The van der Waals surface area contributed by atoms with Gasteiger partial charge in [0.25, 0.3) is 0 Å². The van der Waals surface area contributed by atoms with E-state index in [0.29, 0.717) is 6.61 Å². The number of ether oxygens (including phenoxy) is 1. The van der Waals surface area contributed by atoms with Crippen molar-refractivity contribution in [1.82, 2.24) is 0 Å². The zero-order chi connectivity index (χ0) is 19.2. The Bertz CT molecular complexity index is 1130. The molecule has 4 aromatic carbocycles. The molecule has 2 heteroatoms. The summed E-state index contributed by atoms with van der Waals surface area (Å²) >= 11 is 0. The molecule has 2 atom stereocenters. The highest BCUT2D eigenvalue weighted by molar-refractivity contribution is 5.95. The van der Waals surface area contributed by atoms with Crippen molar-refractivity contribution in [3.63, 3.8) is 0 Å². The van der Waals surface area contributed by atoms with Gasteiger partial charge in [-0.25, -0.2) is 0 Å².